The summed E-state index contributed by atoms with van der Waals surface area (Å²) in [6, 6.07) is 0. The predicted molar refractivity (Wildman–Crippen MR) is 76.7 cm³/mol. The SMILES string of the molecule is CCn1nc(C)c2nc(CCl)n(C(C)(C)COC)c21. The predicted octanol–water partition coefficient (Wildman–Crippen LogP) is 2.68. The average molecular weight is 285 g/mol. The molecule has 2 heterocycles. The van der Waals surface area contributed by atoms with Gasteiger partial charge in [-0.15, -0.1) is 11.6 Å². The van der Waals surface area contributed by atoms with Crippen LogP contribution in [-0.4, -0.2) is 33.0 Å². The Morgan fingerprint density at radius 3 is 2.58 bits per heavy atom. The van der Waals surface area contributed by atoms with Crippen LogP contribution in [0.5, 0.6) is 0 Å². The number of nitrogens with zero attached hydrogens (tertiary/aromatic N) is 4. The van der Waals surface area contributed by atoms with Crippen LogP contribution in [0, 0.1) is 6.92 Å². The maximum atomic E-state index is 6.06. The van der Waals surface area contributed by atoms with Gasteiger partial charge in [-0.2, -0.15) is 5.10 Å². The number of fused-ring (bicyclic) bond motifs is 1. The van der Waals surface area contributed by atoms with Crippen LogP contribution >= 0.6 is 11.6 Å². The summed E-state index contributed by atoms with van der Waals surface area (Å²) in [7, 11) is 1.71. The van der Waals surface area contributed by atoms with Gasteiger partial charge in [0.2, 0.25) is 0 Å². The minimum Gasteiger partial charge on any atom is -0.382 e. The minimum absolute atomic E-state index is 0.215. The number of halogens is 1. The summed E-state index contributed by atoms with van der Waals surface area (Å²) in [5.41, 5.74) is 2.68. The van der Waals surface area contributed by atoms with Gasteiger partial charge < -0.3 is 9.30 Å². The van der Waals surface area contributed by atoms with Crippen LogP contribution in [0.1, 0.15) is 32.3 Å². The molecule has 0 saturated heterocycles. The molecule has 5 nitrogen and oxygen atoms in total. The molecule has 0 radical (unpaired) electrons. The lowest BCUT2D eigenvalue weighted by molar-refractivity contribution is 0.110. The molecule has 2 aromatic heterocycles. The molecular formula is C13H21ClN4O. The summed E-state index contributed by atoms with van der Waals surface area (Å²) in [6.07, 6.45) is 0. The molecule has 2 aromatic rings. The van der Waals surface area contributed by atoms with Crippen LogP contribution in [0.25, 0.3) is 11.2 Å². The zero-order chi connectivity index (χ0) is 14.2. The molecule has 0 unspecified atom stereocenters. The number of hydrogen-bond acceptors (Lipinski definition) is 3. The van der Waals surface area contributed by atoms with Gasteiger partial charge in [0.25, 0.3) is 0 Å². The summed E-state index contributed by atoms with van der Waals surface area (Å²) in [5.74, 6) is 1.24. The average Bonchev–Trinajstić information content (AvgIpc) is 2.87. The van der Waals surface area contributed by atoms with Crippen molar-refractivity contribution in [1.82, 2.24) is 19.3 Å². The highest BCUT2D eigenvalue weighted by Gasteiger charge is 2.28. The number of alkyl halides is 1. The molecule has 6 heteroatoms. The molecule has 0 aliphatic heterocycles. The Morgan fingerprint density at radius 1 is 1.37 bits per heavy atom. The summed E-state index contributed by atoms with van der Waals surface area (Å²) < 4.78 is 9.47. The van der Waals surface area contributed by atoms with Gasteiger partial charge in [0.1, 0.15) is 11.3 Å². The fourth-order valence-corrected chi connectivity index (χ4v) is 2.76. The second kappa shape index (κ2) is 5.13. The van der Waals surface area contributed by atoms with Gasteiger partial charge in [-0.25, -0.2) is 9.67 Å². The maximum absolute atomic E-state index is 6.06. The van der Waals surface area contributed by atoms with Crippen LogP contribution in [0.15, 0.2) is 0 Å². The highest BCUT2D eigenvalue weighted by atomic mass is 35.5. The fourth-order valence-electron chi connectivity index (χ4n) is 2.58. The molecule has 106 valence electrons. The Labute approximate surface area is 118 Å². The zero-order valence-electron chi connectivity index (χ0n) is 12.2. The van der Waals surface area contributed by atoms with E-state index < -0.39 is 0 Å². The summed E-state index contributed by atoms with van der Waals surface area (Å²) in [4.78, 5) is 4.64. The van der Waals surface area contributed by atoms with Crippen molar-refractivity contribution in [3.63, 3.8) is 0 Å². The molecule has 0 saturated carbocycles. The normalized spacial score (nSPS) is 12.5. The van der Waals surface area contributed by atoms with E-state index >= 15 is 0 Å². The Bertz CT molecular complexity index is 585. The van der Waals surface area contributed by atoms with E-state index in [1.165, 1.54) is 0 Å². The summed E-state index contributed by atoms with van der Waals surface area (Å²) in [6.45, 7) is 9.70. The first kappa shape index (κ1) is 14.3. The first-order chi connectivity index (χ1) is 8.96. The van der Waals surface area contributed by atoms with E-state index in [1.807, 2.05) is 11.6 Å². The second-order valence-corrected chi connectivity index (χ2v) is 5.58. The van der Waals surface area contributed by atoms with Crippen molar-refractivity contribution in [2.75, 3.05) is 13.7 Å². The smallest absolute Gasteiger partial charge is 0.159 e. The lowest BCUT2D eigenvalue weighted by Gasteiger charge is -2.28. The van der Waals surface area contributed by atoms with Crippen molar-refractivity contribution in [3.05, 3.63) is 11.5 Å². The number of imidazole rings is 1. The molecule has 19 heavy (non-hydrogen) atoms. The number of methoxy groups -OCH3 is 1. The van der Waals surface area contributed by atoms with Crippen LogP contribution in [-0.2, 0) is 22.7 Å². The number of rotatable bonds is 5. The van der Waals surface area contributed by atoms with E-state index in [9.17, 15) is 0 Å². The molecule has 0 aromatic carbocycles. The molecule has 2 rings (SSSR count). The number of aryl methyl sites for hydroxylation is 2. The Balaban J connectivity index is 2.75. The van der Waals surface area contributed by atoms with Gasteiger partial charge in [0.15, 0.2) is 5.65 Å². The molecule has 0 spiro atoms. The molecule has 0 amide bonds. The van der Waals surface area contributed by atoms with E-state index in [1.54, 1.807) is 7.11 Å². The minimum atomic E-state index is -0.215. The van der Waals surface area contributed by atoms with Crippen LogP contribution < -0.4 is 0 Å². The number of aromatic nitrogens is 4. The zero-order valence-corrected chi connectivity index (χ0v) is 13.0. The molecule has 0 aliphatic rings. The molecule has 0 fully saturated rings. The monoisotopic (exact) mass is 284 g/mol. The summed E-state index contributed by atoms with van der Waals surface area (Å²) in [5, 5.41) is 4.53. The number of hydrogen-bond donors (Lipinski definition) is 0. The first-order valence-corrected chi connectivity index (χ1v) is 6.99. The lowest BCUT2D eigenvalue weighted by Crippen LogP contribution is -2.33. The number of ether oxygens (including phenoxy) is 1. The van der Waals surface area contributed by atoms with E-state index in [4.69, 9.17) is 16.3 Å². The first-order valence-electron chi connectivity index (χ1n) is 6.46. The van der Waals surface area contributed by atoms with Crippen molar-refractivity contribution < 1.29 is 4.74 Å². The topological polar surface area (TPSA) is 44.9 Å². The summed E-state index contributed by atoms with van der Waals surface area (Å²) >= 11 is 6.06. The second-order valence-electron chi connectivity index (χ2n) is 5.32. The van der Waals surface area contributed by atoms with Gasteiger partial charge in [-0.1, -0.05) is 0 Å². The van der Waals surface area contributed by atoms with E-state index in [0.717, 1.165) is 29.2 Å². The van der Waals surface area contributed by atoms with Gasteiger partial charge in [-0.05, 0) is 27.7 Å². The van der Waals surface area contributed by atoms with Crippen molar-refractivity contribution >= 4 is 22.8 Å². The van der Waals surface area contributed by atoms with E-state index in [-0.39, 0.29) is 5.54 Å². The molecular weight excluding hydrogens is 264 g/mol. The van der Waals surface area contributed by atoms with Gasteiger partial charge in [0, 0.05) is 13.7 Å². The van der Waals surface area contributed by atoms with Crippen molar-refractivity contribution in [2.24, 2.45) is 0 Å². The molecule has 0 aliphatic carbocycles. The molecule has 0 bridgehead atoms. The van der Waals surface area contributed by atoms with Crippen molar-refractivity contribution in [3.8, 4) is 0 Å². The van der Waals surface area contributed by atoms with Crippen molar-refractivity contribution in [2.45, 2.75) is 45.7 Å². The fraction of sp³-hybridized carbons (Fsp3) is 0.692. The molecule has 0 atom stereocenters. The Hall–Kier alpha value is -1.07. The highest BCUT2D eigenvalue weighted by Crippen LogP contribution is 2.28. The van der Waals surface area contributed by atoms with Gasteiger partial charge in [-0.3, -0.25) is 0 Å². The Morgan fingerprint density at radius 2 is 2.05 bits per heavy atom. The van der Waals surface area contributed by atoms with Crippen LogP contribution in [0.2, 0.25) is 0 Å². The Kier molecular flexibility index (Phi) is 3.87. The third-order valence-electron chi connectivity index (χ3n) is 3.30. The third kappa shape index (κ3) is 2.25. The highest BCUT2D eigenvalue weighted by molar-refractivity contribution is 6.16. The van der Waals surface area contributed by atoms with Crippen molar-refractivity contribution in [1.29, 1.82) is 0 Å². The largest absolute Gasteiger partial charge is 0.382 e. The molecule has 0 N–H and O–H groups in total. The van der Waals surface area contributed by atoms with Crippen LogP contribution in [0.4, 0.5) is 0 Å². The third-order valence-corrected chi connectivity index (χ3v) is 3.54. The quantitative estimate of drug-likeness (QED) is 0.793. The van der Waals surface area contributed by atoms with Gasteiger partial charge >= 0.3 is 0 Å². The van der Waals surface area contributed by atoms with E-state index in [2.05, 4.69) is 35.4 Å². The lowest BCUT2D eigenvalue weighted by atomic mass is 10.1. The van der Waals surface area contributed by atoms with Gasteiger partial charge in [0.05, 0.1) is 23.7 Å². The maximum Gasteiger partial charge on any atom is 0.159 e. The standard InChI is InChI=1S/C13H21ClN4O/c1-6-17-12-11(9(2)16-17)15-10(7-14)18(12)13(3,4)8-19-5/h6-8H2,1-5H3. The van der Waals surface area contributed by atoms with E-state index in [0.29, 0.717) is 12.5 Å². The van der Waals surface area contributed by atoms with Crippen LogP contribution in [0.3, 0.4) is 0 Å².